The Kier molecular flexibility index (Phi) is 7.14. The summed E-state index contributed by atoms with van der Waals surface area (Å²) < 4.78 is 5.47. The Labute approximate surface area is 159 Å². The molecule has 1 fully saturated rings. The molecule has 0 saturated carbocycles. The monoisotopic (exact) mass is 380 g/mol. The second kappa shape index (κ2) is 9.12. The molecule has 1 atom stereocenters. The van der Waals surface area contributed by atoms with Crippen LogP contribution in [0.5, 0.6) is 0 Å². The van der Waals surface area contributed by atoms with E-state index < -0.39 is 5.97 Å². The Balaban J connectivity index is 0.00000243. The molecular formula is C18H25ClN4O3. The fourth-order valence-corrected chi connectivity index (χ4v) is 3.32. The third-order valence-corrected chi connectivity index (χ3v) is 4.89. The third kappa shape index (κ3) is 4.81. The van der Waals surface area contributed by atoms with Gasteiger partial charge in [-0.25, -0.2) is 0 Å². The van der Waals surface area contributed by atoms with Gasteiger partial charge in [-0.3, -0.25) is 14.6 Å². The van der Waals surface area contributed by atoms with Gasteiger partial charge in [-0.15, -0.1) is 12.4 Å². The minimum absolute atomic E-state index is 0. The number of carboxylic acids is 1. The molecule has 1 unspecified atom stereocenters. The van der Waals surface area contributed by atoms with Crippen LogP contribution in [0.1, 0.15) is 31.7 Å². The van der Waals surface area contributed by atoms with Crippen LogP contribution in [0.25, 0.3) is 11.4 Å². The van der Waals surface area contributed by atoms with Crippen molar-refractivity contribution >= 4 is 18.4 Å². The van der Waals surface area contributed by atoms with Gasteiger partial charge in [-0.1, -0.05) is 35.5 Å². The van der Waals surface area contributed by atoms with Crippen LogP contribution in [0.3, 0.4) is 0 Å². The van der Waals surface area contributed by atoms with Gasteiger partial charge in [0.1, 0.15) is 0 Å². The first kappa shape index (κ1) is 20.4. The average molecular weight is 381 g/mol. The summed E-state index contributed by atoms with van der Waals surface area (Å²) in [5.41, 5.74) is 0.943. The zero-order valence-corrected chi connectivity index (χ0v) is 15.9. The maximum atomic E-state index is 10.8. The molecule has 0 spiro atoms. The summed E-state index contributed by atoms with van der Waals surface area (Å²) in [6.07, 6.45) is 1.88. The lowest BCUT2D eigenvalue weighted by atomic mass is 10.0. The van der Waals surface area contributed by atoms with Gasteiger partial charge < -0.3 is 9.63 Å². The van der Waals surface area contributed by atoms with Crippen LogP contribution >= 0.6 is 12.4 Å². The summed E-state index contributed by atoms with van der Waals surface area (Å²) in [6.45, 7) is 3.94. The molecule has 0 aliphatic carbocycles. The number of halogens is 1. The van der Waals surface area contributed by atoms with E-state index in [1.807, 2.05) is 42.3 Å². The highest BCUT2D eigenvalue weighted by Crippen LogP contribution is 2.26. The lowest BCUT2D eigenvalue weighted by Crippen LogP contribution is -2.45. The quantitative estimate of drug-likeness (QED) is 0.824. The predicted molar refractivity (Wildman–Crippen MR) is 100 cm³/mol. The number of hydrogen-bond donors (Lipinski definition) is 1. The van der Waals surface area contributed by atoms with Crippen molar-refractivity contribution in [3.63, 3.8) is 0 Å². The van der Waals surface area contributed by atoms with Gasteiger partial charge in [0.25, 0.3) is 0 Å². The molecule has 2 aromatic rings. The highest BCUT2D eigenvalue weighted by atomic mass is 35.5. The zero-order chi connectivity index (χ0) is 17.8. The largest absolute Gasteiger partial charge is 0.480 e. The van der Waals surface area contributed by atoms with E-state index >= 15 is 0 Å². The van der Waals surface area contributed by atoms with Crippen molar-refractivity contribution < 1.29 is 14.4 Å². The number of carbonyl (C=O) groups is 1. The molecule has 1 aliphatic rings. The van der Waals surface area contributed by atoms with Gasteiger partial charge in [0.05, 0.1) is 12.6 Å². The van der Waals surface area contributed by atoms with Crippen LogP contribution in [-0.2, 0) is 4.79 Å². The molecule has 0 radical (unpaired) electrons. The van der Waals surface area contributed by atoms with E-state index in [-0.39, 0.29) is 25.0 Å². The summed E-state index contributed by atoms with van der Waals surface area (Å²) >= 11 is 0. The van der Waals surface area contributed by atoms with Crippen molar-refractivity contribution in [1.82, 2.24) is 19.9 Å². The van der Waals surface area contributed by atoms with Crippen LogP contribution < -0.4 is 0 Å². The fraction of sp³-hybridized carbons (Fsp3) is 0.500. The van der Waals surface area contributed by atoms with Crippen LogP contribution in [0, 0.1) is 0 Å². The number of rotatable bonds is 6. The first-order valence-electron chi connectivity index (χ1n) is 8.59. The number of aromatic nitrogens is 2. The smallest absolute Gasteiger partial charge is 0.317 e. The van der Waals surface area contributed by atoms with Gasteiger partial charge in [0.2, 0.25) is 11.7 Å². The van der Waals surface area contributed by atoms with Crippen LogP contribution in [-0.4, -0.2) is 63.7 Å². The molecule has 1 saturated heterocycles. The molecule has 1 aromatic heterocycles. The van der Waals surface area contributed by atoms with Gasteiger partial charge in [-0.05, 0) is 26.8 Å². The highest BCUT2D eigenvalue weighted by Gasteiger charge is 2.28. The molecule has 26 heavy (non-hydrogen) atoms. The fourth-order valence-electron chi connectivity index (χ4n) is 3.32. The molecule has 8 heteroatoms. The van der Waals surface area contributed by atoms with Crippen molar-refractivity contribution in [3.05, 3.63) is 36.2 Å². The lowest BCUT2D eigenvalue weighted by Gasteiger charge is -2.37. The molecule has 3 rings (SSSR count). The van der Waals surface area contributed by atoms with Crippen molar-refractivity contribution in [2.24, 2.45) is 0 Å². The van der Waals surface area contributed by atoms with Crippen LogP contribution in [0.15, 0.2) is 34.9 Å². The number of piperidine rings is 1. The number of likely N-dealkylation sites (N-methyl/N-ethyl adjacent to an activating group) is 1. The second-order valence-corrected chi connectivity index (χ2v) is 6.57. The van der Waals surface area contributed by atoms with Gasteiger partial charge >= 0.3 is 5.97 Å². The summed E-state index contributed by atoms with van der Waals surface area (Å²) in [5.74, 6) is 0.451. The Morgan fingerprint density at radius 1 is 1.35 bits per heavy atom. The number of hydrogen-bond acceptors (Lipinski definition) is 6. The zero-order valence-electron chi connectivity index (χ0n) is 15.0. The molecule has 1 aromatic carbocycles. The van der Waals surface area contributed by atoms with Crippen molar-refractivity contribution in [3.8, 4) is 11.4 Å². The van der Waals surface area contributed by atoms with Gasteiger partial charge in [0, 0.05) is 24.7 Å². The molecule has 1 aliphatic heterocycles. The maximum Gasteiger partial charge on any atom is 0.317 e. The molecule has 0 bridgehead atoms. The normalized spacial score (nSPS) is 17.0. The Morgan fingerprint density at radius 2 is 2.00 bits per heavy atom. The minimum atomic E-state index is -0.780. The van der Waals surface area contributed by atoms with Crippen LogP contribution in [0.4, 0.5) is 0 Å². The van der Waals surface area contributed by atoms with Crippen LogP contribution in [0.2, 0.25) is 0 Å². The lowest BCUT2D eigenvalue weighted by molar-refractivity contribution is -0.138. The number of aliphatic carboxylic acids is 1. The summed E-state index contributed by atoms with van der Waals surface area (Å²) in [6, 6.07) is 10.1. The third-order valence-electron chi connectivity index (χ3n) is 4.89. The van der Waals surface area contributed by atoms with E-state index in [1.54, 1.807) is 0 Å². The number of likely N-dealkylation sites (tertiary alicyclic amines) is 1. The Hall–Kier alpha value is -1.96. The molecule has 142 valence electrons. The van der Waals surface area contributed by atoms with E-state index in [9.17, 15) is 4.79 Å². The Morgan fingerprint density at radius 3 is 2.62 bits per heavy atom. The van der Waals surface area contributed by atoms with Crippen molar-refractivity contribution in [2.75, 3.05) is 26.7 Å². The highest BCUT2D eigenvalue weighted by molar-refractivity contribution is 5.85. The van der Waals surface area contributed by atoms with E-state index in [4.69, 9.17) is 9.63 Å². The van der Waals surface area contributed by atoms with Gasteiger partial charge in [0.15, 0.2) is 0 Å². The second-order valence-electron chi connectivity index (χ2n) is 6.57. The molecule has 0 amide bonds. The van der Waals surface area contributed by atoms with E-state index in [0.717, 1.165) is 31.5 Å². The number of nitrogens with zero attached hydrogens (tertiary/aromatic N) is 4. The van der Waals surface area contributed by atoms with Crippen molar-refractivity contribution in [2.45, 2.75) is 31.8 Å². The maximum absolute atomic E-state index is 10.8. The molecule has 2 heterocycles. The van der Waals surface area contributed by atoms with E-state index in [1.165, 1.54) is 0 Å². The summed E-state index contributed by atoms with van der Waals surface area (Å²) in [7, 11) is 1.88. The Bertz CT molecular complexity index is 701. The summed E-state index contributed by atoms with van der Waals surface area (Å²) in [4.78, 5) is 19.6. The molecular weight excluding hydrogens is 356 g/mol. The first-order valence-corrected chi connectivity index (χ1v) is 8.59. The van der Waals surface area contributed by atoms with E-state index in [2.05, 4.69) is 22.0 Å². The first-order chi connectivity index (χ1) is 12.0. The molecule has 7 nitrogen and oxygen atoms in total. The number of carboxylic acid groups (broad SMARTS) is 1. The van der Waals surface area contributed by atoms with Crippen molar-refractivity contribution in [1.29, 1.82) is 0 Å². The van der Waals surface area contributed by atoms with Gasteiger partial charge in [-0.2, -0.15) is 4.98 Å². The average Bonchev–Trinajstić information content (AvgIpc) is 3.11. The topological polar surface area (TPSA) is 82.7 Å². The SMILES string of the molecule is CC(c1nc(-c2ccccc2)no1)N1CCC(N(C)CC(=O)O)CC1.Cl. The minimum Gasteiger partial charge on any atom is -0.480 e. The standard InChI is InChI=1S/C18H24N4O3.ClH/c1-13(18-19-17(20-25-18)14-6-4-3-5-7-14)22-10-8-15(9-11-22)21(2)12-16(23)24;/h3-7,13,15H,8-12H2,1-2H3,(H,23,24);1H. The summed E-state index contributed by atoms with van der Waals surface area (Å²) in [5, 5.41) is 13.0. The van der Waals surface area contributed by atoms with E-state index in [0.29, 0.717) is 17.8 Å². The predicted octanol–water partition coefficient (Wildman–Crippen LogP) is 2.70. The number of benzene rings is 1. The molecule has 1 N–H and O–H groups in total.